The standard InChI is InChI=1S/C46H82N2O14/c1-38(45(55)56)21-18-19-27-47-43(52)37-62-34-31-59-29-20-23-41(50)36-61-33-32-60-30-28-48-42(51)26-25-39(46(57)58)35-40(49)22-16-14-12-10-8-6-4-2-3-5-7-9-11-13-15-17-24-44(53)54/h38-39H,2-37H2,1H3,(H,47,52)(H,48,51)(H,53,54)(H,55,56)(H,57,58)/t38-,39?/m0/s1. The van der Waals surface area contributed by atoms with Crippen LogP contribution in [-0.2, 0) is 52.5 Å². The Hall–Kier alpha value is -3.47. The fourth-order valence-electron chi connectivity index (χ4n) is 6.63. The summed E-state index contributed by atoms with van der Waals surface area (Å²) in [4.78, 5) is 81.5. The van der Waals surface area contributed by atoms with Gasteiger partial charge in [-0.3, -0.25) is 33.6 Å². The summed E-state index contributed by atoms with van der Waals surface area (Å²) in [6.07, 6.45) is 21.6. The molecule has 0 heterocycles. The van der Waals surface area contributed by atoms with Crippen molar-refractivity contribution < 1.29 is 67.8 Å². The van der Waals surface area contributed by atoms with Crippen molar-refractivity contribution in [1.29, 1.82) is 0 Å². The highest BCUT2D eigenvalue weighted by molar-refractivity contribution is 5.84. The van der Waals surface area contributed by atoms with Crippen LogP contribution in [0.25, 0.3) is 0 Å². The van der Waals surface area contributed by atoms with Gasteiger partial charge in [-0.15, -0.1) is 0 Å². The Morgan fingerprint density at radius 1 is 0.419 bits per heavy atom. The molecule has 1 unspecified atom stereocenters. The number of hydrogen-bond acceptors (Lipinski definition) is 11. The van der Waals surface area contributed by atoms with Crippen LogP contribution >= 0.6 is 0 Å². The molecule has 62 heavy (non-hydrogen) atoms. The fraction of sp³-hybridized carbons (Fsp3) is 0.848. The fourth-order valence-corrected chi connectivity index (χ4v) is 6.63. The maximum Gasteiger partial charge on any atom is 0.306 e. The minimum Gasteiger partial charge on any atom is -0.481 e. The molecule has 5 N–H and O–H groups in total. The van der Waals surface area contributed by atoms with Crippen LogP contribution in [-0.4, -0.2) is 123 Å². The average molecular weight is 887 g/mol. The number of carboxylic acid groups (broad SMARTS) is 3. The number of ketones is 2. The molecule has 0 spiro atoms. The van der Waals surface area contributed by atoms with Gasteiger partial charge in [-0.05, 0) is 38.5 Å². The number of carbonyl (C=O) groups is 7. The van der Waals surface area contributed by atoms with E-state index in [2.05, 4.69) is 10.6 Å². The molecule has 0 saturated heterocycles. The van der Waals surface area contributed by atoms with Gasteiger partial charge in [0, 0.05) is 51.8 Å². The molecule has 16 heteroatoms. The highest BCUT2D eigenvalue weighted by Crippen LogP contribution is 2.17. The van der Waals surface area contributed by atoms with E-state index in [0.717, 1.165) is 51.4 Å². The molecule has 16 nitrogen and oxygen atoms in total. The number of rotatable bonds is 48. The summed E-state index contributed by atoms with van der Waals surface area (Å²) in [7, 11) is 0. The molecule has 0 aliphatic carbocycles. The SMILES string of the molecule is C[C@@H](CCCCNC(=O)COCCOCCCC(=O)COCCOCCNC(=O)CCC(CC(=O)CCCCCCCCCCCCCCCCCCC(=O)O)C(=O)O)C(=O)O. The molecule has 0 bridgehead atoms. The van der Waals surface area contributed by atoms with Crippen molar-refractivity contribution in [2.45, 2.75) is 174 Å². The van der Waals surface area contributed by atoms with Gasteiger partial charge in [-0.1, -0.05) is 103 Å². The van der Waals surface area contributed by atoms with Gasteiger partial charge in [0.1, 0.15) is 19.0 Å². The number of amides is 2. The third-order valence-corrected chi connectivity index (χ3v) is 10.5. The predicted molar refractivity (Wildman–Crippen MR) is 235 cm³/mol. The van der Waals surface area contributed by atoms with E-state index >= 15 is 0 Å². The van der Waals surface area contributed by atoms with Crippen LogP contribution in [0.15, 0.2) is 0 Å². The van der Waals surface area contributed by atoms with E-state index < -0.39 is 29.7 Å². The van der Waals surface area contributed by atoms with E-state index in [4.69, 9.17) is 29.2 Å². The molecule has 2 amide bonds. The second-order valence-electron chi connectivity index (χ2n) is 16.3. The smallest absolute Gasteiger partial charge is 0.306 e. The molecular weight excluding hydrogens is 805 g/mol. The molecule has 0 fully saturated rings. The van der Waals surface area contributed by atoms with E-state index in [0.29, 0.717) is 51.9 Å². The minimum absolute atomic E-state index is 0.00502. The van der Waals surface area contributed by atoms with E-state index in [1.807, 2.05) is 0 Å². The first kappa shape index (κ1) is 58.5. The summed E-state index contributed by atoms with van der Waals surface area (Å²) >= 11 is 0. The van der Waals surface area contributed by atoms with Crippen LogP contribution in [0.2, 0.25) is 0 Å². The minimum atomic E-state index is -1.07. The predicted octanol–water partition coefficient (Wildman–Crippen LogP) is 7.07. The lowest BCUT2D eigenvalue weighted by Gasteiger charge is -2.12. The van der Waals surface area contributed by atoms with Gasteiger partial charge in [0.25, 0.3) is 0 Å². The molecule has 0 aromatic carbocycles. The summed E-state index contributed by atoms with van der Waals surface area (Å²) in [6.45, 7) is 3.82. The van der Waals surface area contributed by atoms with Crippen molar-refractivity contribution in [2.24, 2.45) is 11.8 Å². The number of unbranched alkanes of at least 4 members (excludes halogenated alkanes) is 16. The molecule has 2 atom stereocenters. The first-order valence-corrected chi connectivity index (χ1v) is 23.5. The van der Waals surface area contributed by atoms with Crippen molar-refractivity contribution in [3.8, 4) is 0 Å². The number of carbonyl (C=O) groups excluding carboxylic acids is 4. The molecule has 0 aromatic rings. The lowest BCUT2D eigenvalue weighted by atomic mass is 9.94. The summed E-state index contributed by atoms with van der Waals surface area (Å²) in [5.74, 6) is -4.55. The molecule has 0 aromatic heterocycles. The van der Waals surface area contributed by atoms with Crippen LogP contribution in [0, 0.1) is 11.8 Å². The van der Waals surface area contributed by atoms with E-state index in [9.17, 15) is 38.7 Å². The van der Waals surface area contributed by atoms with Gasteiger partial charge >= 0.3 is 17.9 Å². The third-order valence-electron chi connectivity index (χ3n) is 10.5. The van der Waals surface area contributed by atoms with Gasteiger partial charge in [0.2, 0.25) is 11.8 Å². The number of ether oxygens (including phenoxy) is 4. The first-order valence-electron chi connectivity index (χ1n) is 23.5. The number of hydrogen-bond donors (Lipinski definition) is 5. The first-order chi connectivity index (χ1) is 29.9. The Labute approximate surface area is 370 Å². The average Bonchev–Trinajstić information content (AvgIpc) is 3.23. The van der Waals surface area contributed by atoms with Crippen LogP contribution in [0.4, 0.5) is 0 Å². The zero-order valence-electron chi connectivity index (χ0n) is 37.9. The second kappa shape index (κ2) is 42.8. The lowest BCUT2D eigenvalue weighted by molar-refractivity contribution is -0.144. The summed E-state index contributed by atoms with van der Waals surface area (Å²) in [5, 5.41) is 32.5. The highest BCUT2D eigenvalue weighted by Gasteiger charge is 2.22. The molecule has 0 aliphatic heterocycles. The summed E-state index contributed by atoms with van der Waals surface area (Å²) in [5.41, 5.74) is 0. The summed E-state index contributed by atoms with van der Waals surface area (Å²) < 4.78 is 21.5. The molecular formula is C46H82N2O14. The highest BCUT2D eigenvalue weighted by atomic mass is 16.5. The molecule has 0 rings (SSSR count). The number of nitrogens with one attached hydrogen (secondary N) is 2. The second-order valence-corrected chi connectivity index (χ2v) is 16.3. The van der Waals surface area contributed by atoms with Gasteiger partial charge in [0.05, 0.1) is 44.9 Å². The quantitative estimate of drug-likeness (QED) is 0.0384. The van der Waals surface area contributed by atoms with Gasteiger partial charge < -0.3 is 44.9 Å². The zero-order chi connectivity index (χ0) is 45.9. The maximum atomic E-state index is 12.5. The van der Waals surface area contributed by atoms with E-state index in [-0.39, 0.29) is 95.3 Å². The molecule has 0 saturated carbocycles. The number of Topliss-reactive ketones (excluding diaryl/α,β-unsaturated/α-hetero) is 2. The normalized spacial score (nSPS) is 12.1. The Kier molecular flexibility index (Phi) is 40.4. The van der Waals surface area contributed by atoms with Crippen LogP contribution < -0.4 is 10.6 Å². The molecule has 360 valence electrons. The largest absolute Gasteiger partial charge is 0.481 e. The van der Waals surface area contributed by atoms with Gasteiger partial charge in [-0.2, -0.15) is 0 Å². The Morgan fingerprint density at radius 2 is 0.903 bits per heavy atom. The lowest BCUT2D eigenvalue weighted by Crippen LogP contribution is -2.29. The van der Waals surface area contributed by atoms with Crippen molar-refractivity contribution in [3.05, 3.63) is 0 Å². The van der Waals surface area contributed by atoms with Crippen molar-refractivity contribution in [1.82, 2.24) is 10.6 Å². The maximum absolute atomic E-state index is 12.5. The monoisotopic (exact) mass is 887 g/mol. The number of carboxylic acids is 3. The van der Waals surface area contributed by atoms with Crippen molar-refractivity contribution >= 4 is 41.3 Å². The van der Waals surface area contributed by atoms with Crippen LogP contribution in [0.5, 0.6) is 0 Å². The van der Waals surface area contributed by atoms with Crippen molar-refractivity contribution in [3.63, 3.8) is 0 Å². The van der Waals surface area contributed by atoms with Crippen LogP contribution in [0.1, 0.15) is 174 Å². The Bertz CT molecular complexity index is 1200. The van der Waals surface area contributed by atoms with Gasteiger partial charge in [0.15, 0.2) is 5.78 Å². The van der Waals surface area contributed by atoms with E-state index in [1.54, 1.807) is 6.92 Å². The Balaban J connectivity index is 3.63. The van der Waals surface area contributed by atoms with Gasteiger partial charge in [-0.25, -0.2) is 0 Å². The third kappa shape index (κ3) is 41.9. The summed E-state index contributed by atoms with van der Waals surface area (Å²) in [6, 6.07) is 0. The van der Waals surface area contributed by atoms with E-state index in [1.165, 1.54) is 57.8 Å². The zero-order valence-corrected chi connectivity index (χ0v) is 37.9. The molecule has 0 aliphatic rings. The topological polar surface area (TPSA) is 241 Å². The number of aliphatic carboxylic acids is 3. The van der Waals surface area contributed by atoms with Crippen molar-refractivity contribution in [2.75, 3.05) is 65.9 Å². The Morgan fingerprint density at radius 3 is 1.45 bits per heavy atom. The molecule has 0 radical (unpaired) electrons. The van der Waals surface area contributed by atoms with Crippen LogP contribution in [0.3, 0.4) is 0 Å².